The number of aromatic nitrogens is 2. The van der Waals surface area contributed by atoms with Crippen LogP contribution in [0.5, 0.6) is 0 Å². The predicted molar refractivity (Wildman–Crippen MR) is 96.6 cm³/mol. The fraction of sp³-hybridized carbons (Fsp3) is 0.474. The third-order valence-electron chi connectivity index (χ3n) is 4.48. The number of nitrogens with one attached hydrogen (secondary N) is 1. The lowest BCUT2D eigenvalue weighted by Gasteiger charge is -2.27. The number of benzene rings is 1. The van der Waals surface area contributed by atoms with Crippen molar-refractivity contribution >= 4 is 17.5 Å². The van der Waals surface area contributed by atoms with Crippen LogP contribution in [0.1, 0.15) is 50.2 Å². The summed E-state index contributed by atoms with van der Waals surface area (Å²) in [7, 11) is 0. The summed E-state index contributed by atoms with van der Waals surface area (Å²) in [6.45, 7) is 8.74. The van der Waals surface area contributed by atoms with Crippen molar-refractivity contribution in [2.75, 3.05) is 23.3 Å². The minimum Gasteiger partial charge on any atom is -0.356 e. The van der Waals surface area contributed by atoms with Crippen LogP contribution in [0.3, 0.4) is 0 Å². The minimum atomic E-state index is 0.461. The van der Waals surface area contributed by atoms with Gasteiger partial charge in [0.25, 0.3) is 0 Å². The van der Waals surface area contributed by atoms with Gasteiger partial charge in [-0.25, -0.2) is 4.98 Å². The van der Waals surface area contributed by atoms with E-state index in [1.807, 2.05) is 12.3 Å². The van der Waals surface area contributed by atoms with E-state index in [0.717, 1.165) is 24.6 Å². The zero-order chi connectivity index (χ0) is 16.2. The normalized spacial score (nSPS) is 15.0. The summed E-state index contributed by atoms with van der Waals surface area (Å²) in [4.78, 5) is 11.5. The summed E-state index contributed by atoms with van der Waals surface area (Å²) >= 11 is 0. The molecule has 0 saturated carbocycles. The summed E-state index contributed by atoms with van der Waals surface area (Å²) in [5.74, 6) is 2.17. The van der Waals surface area contributed by atoms with E-state index in [4.69, 9.17) is 4.98 Å². The third kappa shape index (κ3) is 3.63. The second-order valence-corrected chi connectivity index (χ2v) is 6.60. The zero-order valence-electron chi connectivity index (χ0n) is 14.3. The molecule has 3 rings (SSSR count). The molecule has 0 spiro atoms. The van der Waals surface area contributed by atoms with Gasteiger partial charge in [-0.1, -0.05) is 32.0 Å². The first-order valence-electron chi connectivity index (χ1n) is 8.59. The molecule has 0 bridgehead atoms. The lowest BCUT2D eigenvalue weighted by atomic mass is 9.98. The van der Waals surface area contributed by atoms with Crippen molar-refractivity contribution in [3.05, 3.63) is 41.6 Å². The van der Waals surface area contributed by atoms with Crippen molar-refractivity contribution < 1.29 is 0 Å². The fourth-order valence-electron chi connectivity index (χ4n) is 3.16. The number of para-hydroxylation sites is 1. The summed E-state index contributed by atoms with van der Waals surface area (Å²) in [5, 5.41) is 3.45. The van der Waals surface area contributed by atoms with Gasteiger partial charge in [0, 0.05) is 25.0 Å². The summed E-state index contributed by atoms with van der Waals surface area (Å²) in [5.41, 5.74) is 3.67. The number of aryl methyl sites for hydroxylation is 1. The molecule has 1 aliphatic heterocycles. The van der Waals surface area contributed by atoms with Gasteiger partial charge in [-0.05, 0) is 49.3 Å². The van der Waals surface area contributed by atoms with Crippen LogP contribution in [0.25, 0.3) is 0 Å². The number of hydrogen-bond acceptors (Lipinski definition) is 4. The molecule has 1 aromatic heterocycles. The molecule has 0 radical (unpaired) electrons. The van der Waals surface area contributed by atoms with Gasteiger partial charge in [-0.3, -0.25) is 0 Å². The first-order chi connectivity index (χ1) is 11.1. The van der Waals surface area contributed by atoms with Crippen molar-refractivity contribution in [3.8, 4) is 0 Å². The highest BCUT2D eigenvalue weighted by molar-refractivity contribution is 5.64. The van der Waals surface area contributed by atoms with Gasteiger partial charge < -0.3 is 10.2 Å². The Hall–Kier alpha value is -2.10. The van der Waals surface area contributed by atoms with Gasteiger partial charge in [0.05, 0.1) is 0 Å². The Morgan fingerprint density at radius 1 is 1.09 bits per heavy atom. The molecular weight excluding hydrogens is 284 g/mol. The lowest BCUT2D eigenvalue weighted by Crippen LogP contribution is -2.30. The molecule has 1 N–H and O–H groups in total. The topological polar surface area (TPSA) is 41.1 Å². The van der Waals surface area contributed by atoms with E-state index >= 15 is 0 Å². The van der Waals surface area contributed by atoms with E-state index in [2.05, 4.69) is 54.2 Å². The molecule has 23 heavy (non-hydrogen) atoms. The summed E-state index contributed by atoms with van der Waals surface area (Å²) in [6, 6.07) is 8.43. The van der Waals surface area contributed by atoms with Gasteiger partial charge in [0.15, 0.2) is 0 Å². The van der Waals surface area contributed by atoms with Crippen molar-refractivity contribution in [2.24, 2.45) is 0 Å². The van der Waals surface area contributed by atoms with Crippen molar-refractivity contribution in [1.82, 2.24) is 9.97 Å². The molecule has 0 aliphatic carbocycles. The van der Waals surface area contributed by atoms with Gasteiger partial charge in [0.2, 0.25) is 5.95 Å². The Bertz CT molecular complexity index is 660. The van der Waals surface area contributed by atoms with Crippen LogP contribution in [0, 0.1) is 6.92 Å². The van der Waals surface area contributed by atoms with E-state index < -0.39 is 0 Å². The van der Waals surface area contributed by atoms with Crippen LogP contribution in [0.15, 0.2) is 30.5 Å². The quantitative estimate of drug-likeness (QED) is 0.893. The van der Waals surface area contributed by atoms with Gasteiger partial charge in [-0.2, -0.15) is 4.98 Å². The van der Waals surface area contributed by atoms with Crippen molar-refractivity contribution in [2.45, 2.75) is 46.0 Å². The van der Waals surface area contributed by atoms with E-state index in [1.54, 1.807) is 0 Å². The highest BCUT2D eigenvalue weighted by Crippen LogP contribution is 2.29. The summed E-state index contributed by atoms with van der Waals surface area (Å²) in [6.07, 6.45) is 5.68. The van der Waals surface area contributed by atoms with E-state index in [0.29, 0.717) is 11.9 Å². The smallest absolute Gasteiger partial charge is 0.229 e. The van der Waals surface area contributed by atoms with Crippen LogP contribution >= 0.6 is 0 Å². The monoisotopic (exact) mass is 310 g/mol. The molecular formula is C19H26N4. The molecule has 1 aromatic carbocycles. The highest BCUT2D eigenvalue weighted by atomic mass is 15.2. The molecule has 0 atom stereocenters. The standard InChI is InChI=1S/C19H26N4/c1-14(2)16-9-7-8-15(3)18(16)22-19-20-11-10-17(21-19)23-12-5-4-6-13-23/h7-11,14H,4-6,12-13H2,1-3H3,(H,20,21,22). The number of rotatable bonds is 4. The van der Waals surface area contributed by atoms with Crippen LogP contribution in [-0.4, -0.2) is 23.1 Å². The average molecular weight is 310 g/mol. The SMILES string of the molecule is Cc1cccc(C(C)C)c1Nc1nccc(N2CCCCC2)n1. The fourth-order valence-corrected chi connectivity index (χ4v) is 3.16. The maximum absolute atomic E-state index is 4.74. The van der Waals surface area contributed by atoms with Crippen LogP contribution in [0.4, 0.5) is 17.5 Å². The highest BCUT2D eigenvalue weighted by Gasteiger charge is 2.14. The molecule has 2 heterocycles. The minimum absolute atomic E-state index is 0.461. The first kappa shape index (κ1) is 15.8. The summed E-state index contributed by atoms with van der Waals surface area (Å²) < 4.78 is 0. The number of piperidine rings is 1. The Morgan fingerprint density at radius 2 is 1.87 bits per heavy atom. The van der Waals surface area contributed by atoms with Gasteiger partial charge in [-0.15, -0.1) is 0 Å². The van der Waals surface area contributed by atoms with Crippen molar-refractivity contribution in [3.63, 3.8) is 0 Å². The van der Waals surface area contributed by atoms with E-state index in [9.17, 15) is 0 Å². The van der Waals surface area contributed by atoms with Crippen LogP contribution in [-0.2, 0) is 0 Å². The molecule has 2 aromatic rings. The number of hydrogen-bond donors (Lipinski definition) is 1. The first-order valence-corrected chi connectivity index (χ1v) is 8.59. The lowest BCUT2D eigenvalue weighted by molar-refractivity contribution is 0.573. The van der Waals surface area contributed by atoms with Crippen molar-refractivity contribution in [1.29, 1.82) is 0 Å². The number of nitrogens with zero attached hydrogens (tertiary/aromatic N) is 3. The van der Waals surface area contributed by atoms with Crippen LogP contribution < -0.4 is 10.2 Å². The maximum atomic E-state index is 4.74. The zero-order valence-corrected chi connectivity index (χ0v) is 14.3. The molecule has 4 nitrogen and oxygen atoms in total. The van der Waals surface area contributed by atoms with E-state index in [1.165, 1.54) is 30.4 Å². The third-order valence-corrected chi connectivity index (χ3v) is 4.48. The Balaban J connectivity index is 1.86. The Morgan fingerprint density at radius 3 is 2.61 bits per heavy atom. The maximum Gasteiger partial charge on any atom is 0.229 e. The molecule has 0 unspecified atom stereocenters. The largest absolute Gasteiger partial charge is 0.356 e. The average Bonchev–Trinajstić information content (AvgIpc) is 2.57. The van der Waals surface area contributed by atoms with Gasteiger partial charge in [0.1, 0.15) is 5.82 Å². The Labute approximate surface area is 139 Å². The second-order valence-electron chi connectivity index (χ2n) is 6.60. The molecule has 1 aliphatic rings. The molecule has 0 amide bonds. The van der Waals surface area contributed by atoms with Crippen LogP contribution in [0.2, 0.25) is 0 Å². The number of anilines is 3. The van der Waals surface area contributed by atoms with E-state index in [-0.39, 0.29) is 0 Å². The Kier molecular flexibility index (Phi) is 4.79. The molecule has 1 saturated heterocycles. The molecule has 4 heteroatoms. The van der Waals surface area contributed by atoms with Gasteiger partial charge >= 0.3 is 0 Å². The molecule has 1 fully saturated rings. The molecule has 122 valence electrons. The predicted octanol–water partition coefficient (Wildman–Crippen LogP) is 4.64. The second kappa shape index (κ2) is 6.99.